The number of carbonyl (C=O) groups is 2. The Morgan fingerprint density at radius 1 is 1.50 bits per heavy atom. The van der Waals surface area contributed by atoms with Crippen LogP contribution in [0, 0.1) is 6.92 Å². The van der Waals surface area contributed by atoms with E-state index in [4.69, 9.17) is 4.42 Å². The van der Waals surface area contributed by atoms with Gasteiger partial charge in [-0.2, -0.15) is 0 Å². The molecule has 2 aromatic rings. The van der Waals surface area contributed by atoms with Gasteiger partial charge in [-0.15, -0.1) is 11.3 Å². The minimum atomic E-state index is -0.369. The van der Waals surface area contributed by atoms with Crippen LogP contribution in [0.3, 0.4) is 0 Å². The summed E-state index contributed by atoms with van der Waals surface area (Å²) < 4.78 is 5.04. The molecule has 0 aromatic carbocycles. The van der Waals surface area contributed by atoms with Crippen molar-refractivity contribution in [3.05, 3.63) is 41.3 Å². The molecule has 0 atom stereocenters. The summed E-state index contributed by atoms with van der Waals surface area (Å²) in [5.74, 6) is -0.117. The van der Waals surface area contributed by atoms with Gasteiger partial charge < -0.3 is 15.1 Å². The zero-order valence-corrected chi connectivity index (χ0v) is 11.6. The summed E-state index contributed by atoms with van der Waals surface area (Å²) in [7, 11) is 0. The van der Waals surface area contributed by atoms with Gasteiger partial charge in [0.25, 0.3) is 0 Å². The van der Waals surface area contributed by atoms with Crippen molar-refractivity contribution in [3.8, 4) is 0 Å². The number of amides is 2. The Balaban J connectivity index is 1.74. The van der Waals surface area contributed by atoms with E-state index in [2.05, 4.69) is 15.6 Å². The highest BCUT2D eigenvalue weighted by atomic mass is 32.1. The molecule has 2 heterocycles. The van der Waals surface area contributed by atoms with Gasteiger partial charge in [0, 0.05) is 17.2 Å². The minimum absolute atomic E-state index is 0.111. The Hall–Kier alpha value is -2.41. The molecule has 0 aliphatic heterocycles. The van der Waals surface area contributed by atoms with Gasteiger partial charge in [-0.05, 0) is 25.1 Å². The van der Waals surface area contributed by atoms with Crippen LogP contribution in [-0.2, 0) is 9.59 Å². The first kappa shape index (κ1) is 14.0. The number of carbonyl (C=O) groups excluding carboxylic acids is 2. The molecule has 0 bridgehead atoms. The fourth-order valence-corrected chi connectivity index (χ4v) is 2.03. The predicted molar refractivity (Wildman–Crippen MR) is 76.2 cm³/mol. The van der Waals surface area contributed by atoms with Gasteiger partial charge in [0.05, 0.1) is 12.8 Å². The summed E-state index contributed by atoms with van der Waals surface area (Å²) in [6.45, 7) is 1.79. The highest BCUT2D eigenvalue weighted by molar-refractivity contribution is 7.15. The number of furan rings is 1. The number of hydrogen-bond acceptors (Lipinski definition) is 5. The molecule has 0 fully saturated rings. The molecule has 20 heavy (non-hydrogen) atoms. The van der Waals surface area contributed by atoms with Crippen LogP contribution in [0.25, 0.3) is 6.08 Å². The molecule has 0 aliphatic carbocycles. The maximum Gasteiger partial charge on any atom is 0.245 e. The molecule has 0 unspecified atom stereocenters. The zero-order valence-electron chi connectivity index (χ0n) is 10.8. The molecule has 0 spiro atoms. The molecule has 0 saturated carbocycles. The van der Waals surface area contributed by atoms with Crippen molar-refractivity contribution in [2.45, 2.75) is 6.92 Å². The van der Waals surface area contributed by atoms with E-state index in [0.29, 0.717) is 10.9 Å². The zero-order chi connectivity index (χ0) is 14.4. The summed E-state index contributed by atoms with van der Waals surface area (Å²) in [5.41, 5.74) is 0. The van der Waals surface area contributed by atoms with Gasteiger partial charge in [0.1, 0.15) is 5.76 Å². The van der Waals surface area contributed by atoms with Crippen molar-refractivity contribution in [2.24, 2.45) is 0 Å². The molecular weight excluding hydrogens is 278 g/mol. The smallest absolute Gasteiger partial charge is 0.245 e. The van der Waals surface area contributed by atoms with Crippen molar-refractivity contribution in [1.29, 1.82) is 0 Å². The van der Waals surface area contributed by atoms with E-state index >= 15 is 0 Å². The van der Waals surface area contributed by atoms with Crippen LogP contribution in [0.15, 0.2) is 35.1 Å². The van der Waals surface area contributed by atoms with Gasteiger partial charge in [-0.3, -0.25) is 9.59 Å². The standard InChI is InChI=1S/C13H13N3O3S/c1-9-7-15-13(20-9)16-12(18)8-14-11(17)5-4-10-3-2-6-19-10/h2-7H,8H2,1H3,(H,14,17)(H,15,16,18). The third-order valence-electron chi connectivity index (χ3n) is 2.23. The quantitative estimate of drug-likeness (QED) is 0.823. The Kier molecular flexibility index (Phi) is 4.67. The maximum atomic E-state index is 11.6. The molecule has 2 N–H and O–H groups in total. The fraction of sp³-hybridized carbons (Fsp3) is 0.154. The van der Waals surface area contributed by atoms with E-state index in [1.807, 2.05) is 6.92 Å². The first-order valence-corrected chi connectivity index (χ1v) is 6.67. The number of hydrogen-bond donors (Lipinski definition) is 2. The van der Waals surface area contributed by atoms with Crippen molar-refractivity contribution in [3.63, 3.8) is 0 Å². The van der Waals surface area contributed by atoms with Crippen LogP contribution in [-0.4, -0.2) is 23.3 Å². The summed E-state index contributed by atoms with van der Waals surface area (Å²) >= 11 is 1.38. The number of anilines is 1. The second-order valence-corrected chi connectivity index (χ2v) is 5.13. The largest absolute Gasteiger partial charge is 0.465 e. The lowest BCUT2D eigenvalue weighted by Crippen LogP contribution is -2.31. The van der Waals surface area contributed by atoms with Crippen molar-refractivity contribution in [1.82, 2.24) is 10.3 Å². The molecule has 6 nitrogen and oxygen atoms in total. The van der Waals surface area contributed by atoms with E-state index in [0.717, 1.165) is 4.88 Å². The number of aryl methyl sites for hydroxylation is 1. The van der Waals surface area contributed by atoms with Crippen LogP contribution >= 0.6 is 11.3 Å². The maximum absolute atomic E-state index is 11.6. The van der Waals surface area contributed by atoms with E-state index < -0.39 is 0 Å². The Morgan fingerprint density at radius 2 is 2.35 bits per heavy atom. The fourth-order valence-electron chi connectivity index (χ4n) is 1.35. The van der Waals surface area contributed by atoms with E-state index in [9.17, 15) is 9.59 Å². The monoisotopic (exact) mass is 291 g/mol. The molecule has 0 saturated heterocycles. The van der Waals surface area contributed by atoms with Crippen molar-refractivity contribution >= 4 is 34.4 Å². The minimum Gasteiger partial charge on any atom is -0.465 e. The van der Waals surface area contributed by atoms with E-state index in [1.165, 1.54) is 29.8 Å². The Labute approximate surface area is 119 Å². The van der Waals surface area contributed by atoms with Crippen LogP contribution < -0.4 is 10.6 Å². The Morgan fingerprint density at radius 3 is 3.00 bits per heavy atom. The molecule has 7 heteroatoms. The first-order valence-electron chi connectivity index (χ1n) is 5.85. The van der Waals surface area contributed by atoms with Crippen LogP contribution in [0.2, 0.25) is 0 Å². The molecular formula is C13H13N3O3S. The van der Waals surface area contributed by atoms with Gasteiger partial charge >= 0.3 is 0 Å². The second-order valence-electron chi connectivity index (χ2n) is 3.89. The Bertz CT molecular complexity index is 617. The number of rotatable bonds is 5. The molecule has 2 rings (SSSR count). The van der Waals surface area contributed by atoms with Gasteiger partial charge in [0.15, 0.2) is 5.13 Å². The number of nitrogens with one attached hydrogen (secondary N) is 2. The van der Waals surface area contributed by atoms with Gasteiger partial charge in [-0.1, -0.05) is 0 Å². The first-order chi connectivity index (χ1) is 9.63. The predicted octanol–water partition coefficient (Wildman–Crippen LogP) is 1.81. The second kappa shape index (κ2) is 6.67. The summed E-state index contributed by atoms with van der Waals surface area (Å²) in [4.78, 5) is 28.0. The SMILES string of the molecule is Cc1cnc(NC(=O)CNC(=O)C=Cc2ccco2)s1. The number of thiazole rings is 1. The van der Waals surface area contributed by atoms with Crippen LogP contribution in [0.1, 0.15) is 10.6 Å². The highest BCUT2D eigenvalue weighted by Crippen LogP contribution is 2.15. The molecule has 0 radical (unpaired) electrons. The molecule has 2 amide bonds. The van der Waals surface area contributed by atoms with Crippen LogP contribution in [0.4, 0.5) is 5.13 Å². The van der Waals surface area contributed by atoms with E-state index in [1.54, 1.807) is 18.3 Å². The lowest BCUT2D eigenvalue weighted by atomic mass is 10.4. The lowest BCUT2D eigenvalue weighted by molar-refractivity contribution is -0.121. The third-order valence-corrected chi connectivity index (χ3v) is 3.06. The van der Waals surface area contributed by atoms with Gasteiger partial charge in [-0.25, -0.2) is 4.98 Å². The number of nitrogens with zero attached hydrogens (tertiary/aromatic N) is 1. The van der Waals surface area contributed by atoms with Crippen LogP contribution in [0.5, 0.6) is 0 Å². The molecule has 2 aromatic heterocycles. The van der Waals surface area contributed by atoms with Gasteiger partial charge in [0.2, 0.25) is 11.8 Å². The topological polar surface area (TPSA) is 84.2 Å². The summed E-state index contributed by atoms with van der Waals surface area (Å²) in [6.07, 6.45) is 6.02. The molecule has 0 aliphatic rings. The average molecular weight is 291 g/mol. The number of aromatic nitrogens is 1. The van der Waals surface area contributed by atoms with Crippen molar-refractivity contribution in [2.75, 3.05) is 11.9 Å². The van der Waals surface area contributed by atoms with Crippen molar-refractivity contribution < 1.29 is 14.0 Å². The highest BCUT2D eigenvalue weighted by Gasteiger charge is 2.06. The summed E-state index contributed by atoms with van der Waals surface area (Å²) in [6, 6.07) is 3.45. The van der Waals surface area contributed by atoms with E-state index in [-0.39, 0.29) is 18.4 Å². The lowest BCUT2D eigenvalue weighted by Gasteiger charge is -2.02. The summed E-state index contributed by atoms with van der Waals surface area (Å²) in [5, 5.41) is 5.59. The normalized spacial score (nSPS) is 10.7. The molecule has 104 valence electrons. The average Bonchev–Trinajstić information content (AvgIpc) is 3.06. The third kappa shape index (κ3) is 4.36.